The highest BCUT2D eigenvalue weighted by Gasteiger charge is 2.21. The summed E-state index contributed by atoms with van der Waals surface area (Å²) in [6.07, 6.45) is 0. The summed E-state index contributed by atoms with van der Waals surface area (Å²) in [5.41, 5.74) is 0.210. The number of non-ortho nitro benzene ring substituents is 1. The number of benzene rings is 3. The molecule has 2 amide bonds. The van der Waals surface area contributed by atoms with E-state index in [1.54, 1.807) is 42.3 Å². The highest BCUT2D eigenvalue weighted by Crippen LogP contribution is 2.31. The number of anilines is 1. The molecule has 0 radical (unpaired) electrons. The van der Waals surface area contributed by atoms with Crippen molar-refractivity contribution in [2.75, 3.05) is 12.4 Å². The van der Waals surface area contributed by atoms with E-state index in [0.717, 1.165) is 6.07 Å². The third-order valence-corrected chi connectivity index (χ3v) is 5.28. The first-order valence-electron chi connectivity index (χ1n) is 10.1. The number of para-hydroxylation sites is 1. The van der Waals surface area contributed by atoms with Gasteiger partial charge in [0.05, 0.1) is 21.2 Å². The fourth-order valence-corrected chi connectivity index (χ4v) is 3.06. The number of carbonyl (C=O) groups is 2. The van der Waals surface area contributed by atoms with Crippen LogP contribution in [-0.4, -0.2) is 34.7 Å². The Morgan fingerprint density at radius 2 is 1.76 bits per heavy atom. The second-order valence-electron chi connectivity index (χ2n) is 7.51. The lowest BCUT2D eigenvalue weighted by atomic mass is 10.1. The number of hydrogen-bond acceptors (Lipinski definition) is 5. The molecule has 3 rings (SSSR count). The van der Waals surface area contributed by atoms with Crippen LogP contribution in [0.15, 0.2) is 66.7 Å². The van der Waals surface area contributed by atoms with E-state index in [2.05, 4.69) is 5.32 Å². The van der Waals surface area contributed by atoms with E-state index in [9.17, 15) is 19.7 Å². The maximum absolute atomic E-state index is 13.1. The van der Waals surface area contributed by atoms with Crippen molar-refractivity contribution in [1.82, 2.24) is 4.90 Å². The molecule has 8 nitrogen and oxygen atoms in total. The largest absolute Gasteiger partial charge is 0.457 e. The van der Waals surface area contributed by atoms with Gasteiger partial charge in [-0.05, 0) is 50.2 Å². The van der Waals surface area contributed by atoms with Crippen LogP contribution >= 0.6 is 11.6 Å². The van der Waals surface area contributed by atoms with Crippen LogP contribution in [0.4, 0.5) is 11.4 Å². The lowest BCUT2D eigenvalue weighted by Crippen LogP contribution is -2.33. The number of hydrogen-bond donors (Lipinski definition) is 1. The zero-order chi connectivity index (χ0) is 24.1. The topological polar surface area (TPSA) is 102 Å². The van der Waals surface area contributed by atoms with Gasteiger partial charge >= 0.3 is 0 Å². The Balaban J connectivity index is 1.95. The lowest BCUT2D eigenvalue weighted by Gasteiger charge is -2.22. The fraction of sp³-hybridized carbons (Fsp3) is 0.167. The maximum Gasteiger partial charge on any atom is 0.270 e. The van der Waals surface area contributed by atoms with E-state index in [0.29, 0.717) is 11.3 Å². The van der Waals surface area contributed by atoms with Crippen LogP contribution in [0, 0.1) is 10.1 Å². The number of nitrogens with zero attached hydrogens (tertiary/aromatic N) is 2. The molecule has 1 N–H and O–H groups in total. The zero-order valence-corrected chi connectivity index (χ0v) is 19.0. The van der Waals surface area contributed by atoms with Crippen LogP contribution in [-0.2, 0) is 0 Å². The first-order valence-corrected chi connectivity index (χ1v) is 10.4. The summed E-state index contributed by atoms with van der Waals surface area (Å²) in [5.74, 6) is -0.316. The van der Waals surface area contributed by atoms with Crippen molar-refractivity contribution in [2.24, 2.45) is 0 Å². The molecular formula is C24H22ClN3O5. The van der Waals surface area contributed by atoms with Crippen LogP contribution in [0.2, 0.25) is 5.02 Å². The minimum Gasteiger partial charge on any atom is -0.457 e. The summed E-state index contributed by atoms with van der Waals surface area (Å²) in [6, 6.07) is 17.0. The first kappa shape index (κ1) is 23.7. The number of ether oxygens (including phenoxy) is 1. The summed E-state index contributed by atoms with van der Waals surface area (Å²) in [6.45, 7) is 3.76. The monoisotopic (exact) mass is 467 g/mol. The number of amides is 2. The van der Waals surface area contributed by atoms with Gasteiger partial charge in [-0.2, -0.15) is 0 Å². The molecule has 0 spiro atoms. The van der Waals surface area contributed by atoms with Gasteiger partial charge in [0, 0.05) is 30.8 Å². The molecule has 0 heterocycles. The summed E-state index contributed by atoms with van der Waals surface area (Å²) in [4.78, 5) is 38.0. The van der Waals surface area contributed by atoms with Gasteiger partial charge < -0.3 is 15.0 Å². The molecule has 170 valence electrons. The van der Waals surface area contributed by atoms with Gasteiger partial charge in [0.25, 0.3) is 17.5 Å². The Labute approximate surface area is 195 Å². The Bertz CT molecular complexity index is 1200. The van der Waals surface area contributed by atoms with Crippen molar-refractivity contribution in [1.29, 1.82) is 0 Å². The summed E-state index contributed by atoms with van der Waals surface area (Å²) < 4.78 is 5.78. The second-order valence-corrected chi connectivity index (χ2v) is 7.92. The second kappa shape index (κ2) is 10.1. The highest BCUT2D eigenvalue weighted by atomic mass is 35.5. The van der Waals surface area contributed by atoms with Gasteiger partial charge in [-0.1, -0.05) is 29.8 Å². The molecule has 0 aromatic heterocycles. The van der Waals surface area contributed by atoms with Gasteiger partial charge in [-0.3, -0.25) is 19.7 Å². The minimum absolute atomic E-state index is 0.0196. The van der Waals surface area contributed by atoms with E-state index < -0.39 is 10.8 Å². The van der Waals surface area contributed by atoms with Gasteiger partial charge in [0.2, 0.25) is 0 Å². The third kappa shape index (κ3) is 5.67. The molecule has 33 heavy (non-hydrogen) atoms. The third-order valence-electron chi connectivity index (χ3n) is 4.95. The summed E-state index contributed by atoms with van der Waals surface area (Å²) in [5, 5.41) is 14.1. The van der Waals surface area contributed by atoms with Crippen LogP contribution in [0.25, 0.3) is 0 Å². The lowest BCUT2D eigenvalue weighted by molar-refractivity contribution is -0.384. The Morgan fingerprint density at radius 3 is 2.39 bits per heavy atom. The van der Waals surface area contributed by atoms with Gasteiger partial charge in [-0.15, -0.1) is 0 Å². The predicted molar refractivity (Wildman–Crippen MR) is 126 cm³/mol. The van der Waals surface area contributed by atoms with E-state index in [1.807, 2.05) is 19.9 Å². The maximum atomic E-state index is 13.1. The van der Waals surface area contributed by atoms with E-state index in [-0.39, 0.29) is 39.7 Å². The first-order chi connectivity index (χ1) is 15.7. The van der Waals surface area contributed by atoms with Crippen molar-refractivity contribution >= 4 is 34.8 Å². The molecule has 0 aliphatic carbocycles. The van der Waals surface area contributed by atoms with Gasteiger partial charge in [0.15, 0.2) is 0 Å². The molecule has 0 saturated carbocycles. The molecule has 0 bridgehead atoms. The molecule has 0 aliphatic rings. The Hall–Kier alpha value is -3.91. The molecule has 0 atom stereocenters. The molecule has 0 saturated heterocycles. The average Bonchev–Trinajstić information content (AvgIpc) is 2.80. The molecule has 0 aliphatic heterocycles. The zero-order valence-electron chi connectivity index (χ0n) is 18.2. The normalized spacial score (nSPS) is 10.6. The standard InChI is InChI=1S/C24H22ClN3O5/c1-15(2)27(3)24(30)16-9-11-20(25)21(13-16)26-23(29)19-14-17(28(31)32)10-12-22(19)33-18-7-5-4-6-8-18/h4-15H,1-3H3,(H,26,29). The van der Waals surface area contributed by atoms with Crippen LogP contribution in [0.3, 0.4) is 0 Å². The minimum atomic E-state index is -0.673. The van der Waals surface area contributed by atoms with Crippen molar-refractivity contribution in [3.8, 4) is 11.5 Å². The SMILES string of the molecule is CC(C)N(C)C(=O)c1ccc(Cl)c(NC(=O)c2cc([N+](=O)[O-])ccc2Oc2ccccc2)c1. The van der Waals surface area contributed by atoms with E-state index in [1.165, 1.54) is 24.3 Å². The van der Waals surface area contributed by atoms with E-state index in [4.69, 9.17) is 16.3 Å². The van der Waals surface area contributed by atoms with Gasteiger partial charge in [0.1, 0.15) is 11.5 Å². The van der Waals surface area contributed by atoms with Crippen molar-refractivity contribution in [2.45, 2.75) is 19.9 Å². The molecular weight excluding hydrogens is 446 g/mol. The van der Waals surface area contributed by atoms with Crippen molar-refractivity contribution < 1.29 is 19.2 Å². The molecule has 3 aromatic carbocycles. The van der Waals surface area contributed by atoms with Gasteiger partial charge in [-0.25, -0.2) is 0 Å². The number of nitrogens with one attached hydrogen (secondary N) is 1. The van der Waals surface area contributed by atoms with Crippen LogP contribution in [0.1, 0.15) is 34.6 Å². The van der Waals surface area contributed by atoms with Crippen molar-refractivity contribution in [3.63, 3.8) is 0 Å². The molecule has 0 unspecified atom stereocenters. The predicted octanol–water partition coefficient (Wildman–Crippen LogP) is 5.77. The smallest absolute Gasteiger partial charge is 0.270 e. The number of nitro groups is 1. The molecule has 3 aromatic rings. The summed E-state index contributed by atoms with van der Waals surface area (Å²) in [7, 11) is 1.68. The fourth-order valence-electron chi connectivity index (χ4n) is 2.90. The quantitative estimate of drug-likeness (QED) is 0.351. The number of halogens is 1. The summed E-state index contributed by atoms with van der Waals surface area (Å²) >= 11 is 6.25. The Kier molecular flexibility index (Phi) is 7.30. The average molecular weight is 468 g/mol. The molecule has 9 heteroatoms. The number of rotatable bonds is 7. The highest BCUT2D eigenvalue weighted by molar-refractivity contribution is 6.34. The van der Waals surface area contributed by atoms with Crippen molar-refractivity contribution in [3.05, 3.63) is 93.0 Å². The molecule has 0 fully saturated rings. The van der Waals surface area contributed by atoms with Crippen LogP contribution < -0.4 is 10.1 Å². The van der Waals surface area contributed by atoms with E-state index >= 15 is 0 Å². The Morgan fingerprint density at radius 1 is 1.06 bits per heavy atom. The number of nitro benzene ring substituents is 1. The van der Waals surface area contributed by atoms with Crippen LogP contribution in [0.5, 0.6) is 11.5 Å². The number of carbonyl (C=O) groups excluding carboxylic acids is 2.